The van der Waals surface area contributed by atoms with Crippen molar-refractivity contribution in [3.05, 3.63) is 66.0 Å². The Morgan fingerprint density at radius 3 is 2.43 bits per heavy atom. The zero-order valence-electron chi connectivity index (χ0n) is 16.4. The number of nitrogens with one attached hydrogen (secondary N) is 2. The molecule has 28 heavy (non-hydrogen) atoms. The third-order valence-electron chi connectivity index (χ3n) is 4.69. The quantitative estimate of drug-likeness (QED) is 0.555. The fraction of sp³-hybridized carbons (Fsp3) is 0.227. The second kappa shape index (κ2) is 6.64. The van der Waals surface area contributed by atoms with Gasteiger partial charge in [-0.05, 0) is 42.5 Å². The highest BCUT2D eigenvalue weighted by atomic mass is 16.2. The number of benzene rings is 2. The van der Waals surface area contributed by atoms with Gasteiger partial charge in [0, 0.05) is 23.7 Å². The predicted octanol–water partition coefficient (Wildman–Crippen LogP) is 4.51. The average molecular weight is 373 g/mol. The first-order valence-corrected chi connectivity index (χ1v) is 9.22. The van der Waals surface area contributed by atoms with E-state index in [4.69, 9.17) is 0 Å². The zero-order chi connectivity index (χ0) is 19.9. The third kappa shape index (κ3) is 3.41. The van der Waals surface area contributed by atoms with Gasteiger partial charge in [0.1, 0.15) is 11.5 Å². The minimum atomic E-state index is -0.179. The zero-order valence-corrected chi connectivity index (χ0v) is 16.4. The number of hydrogen-bond donors (Lipinski definition) is 2. The van der Waals surface area contributed by atoms with E-state index in [1.807, 2.05) is 54.6 Å². The molecule has 2 N–H and O–H groups in total. The van der Waals surface area contributed by atoms with Gasteiger partial charge in [-0.2, -0.15) is 5.10 Å². The summed E-state index contributed by atoms with van der Waals surface area (Å²) in [4.78, 5) is 20.6. The average Bonchev–Trinajstić information content (AvgIpc) is 3.25. The van der Waals surface area contributed by atoms with Gasteiger partial charge in [0.25, 0.3) is 5.91 Å². The Kier molecular flexibility index (Phi) is 4.26. The van der Waals surface area contributed by atoms with E-state index in [0.29, 0.717) is 5.69 Å². The molecule has 6 heteroatoms. The number of carbonyl (C=O) groups is 1. The number of anilines is 1. The van der Waals surface area contributed by atoms with Crippen molar-refractivity contribution in [2.45, 2.75) is 26.2 Å². The van der Waals surface area contributed by atoms with Gasteiger partial charge in [0.2, 0.25) is 0 Å². The van der Waals surface area contributed by atoms with E-state index in [0.717, 1.165) is 33.8 Å². The second-order valence-corrected chi connectivity index (χ2v) is 7.92. The van der Waals surface area contributed by atoms with E-state index in [1.165, 1.54) is 0 Å². The molecule has 0 aliphatic rings. The number of aryl methyl sites for hydroxylation is 1. The predicted molar refractivity (Wildman–Crippen MR) is 111 cm³/mol. The number of fused-ring (bicyclic) bond motifs is 1. The van der Waals surface area contributed by atoms with Crippen LogP contribution in [0.3, 0.4) is 0 Å². The van der Waals surface area contributed by atoms with Crippen LogP contribution in [0.15, 0.2) is 54.6 Å². The first kappa shape index (κ1) is 18.0. The van der Waals surface area contributed by atoms with Crippen LogP contribution in [-0.4, -0.2) is 25.7 Å². The van der Waals surface area contributed by atoms with Gasteiger partial charge in [-0.3, -0.25) is 9.48 Å². The van der Waals surface area contributed by atoms with Crippen molar-refractivity contribution in [3.8, 4) is 11.4 Å². The third-order valence-corrected chi connectivity index (χ3v) is 4.69. The highest BCUT2D eigenvalue weighted by Crippen LogP contribution is 2.24. The van der Waals surface area contributed by atoms with E-state index < -0.39 is 0 Å². The molecular weight excluding hydrogens is 350 g/mol. The summed E-state index contributed by atoms with van der Waals surface area (Å²) in [7, 11) is 1.79. The topological polar surface area (TPSA) is 75.6 Å². The summed E-state index contributed by atoms with van der Waals surface area (Å²) in [6.07, 6.45) is 0. The number of aromatic amines is 1. The van der Waals surface area contributed by atoms with Crippen LogP contribution in [0, 0.1) is 0 Å². The van der Waals surface area contributed by atoms with E-state index in [2.05, 4.69) is 41.2 Å². The van der Waals surface area contributed by atoms with Crippen molar-refractivity contribution in [1.82, 2.24) is 19.7 Å². The Bertz CT molecular complexity index is 1110. The molecule has 0 saturated heterocycles. The lowest BCUT2D eigenvalue weighted by Gasteiger charge is -2.13. The molecule has 2 heterocycles. The van der Waals surface area contributed by atoms with Crippen LogP contribution in [-0.2, 0) is 12.5 Å². The van der Waals surface area contributed by atoms with Crippen molar-refractivity contribution < 1.29 is 4.79 Å². The summed E-state index contributed by atoms with van der Waals surface area (Å²) >= 11 is 0. The SMILES string of the molecule is Cn1nc(C(C)(C)C)cc1C(=O)Nc1ccc(-c2nc3ccccc3[nH]2)cc1. The monoisotopic (exact) mass is 373 g/mol. The van der Waals surface area contributed by atoms with Crippen LogP contribution in [0.2, 0.25) is 0 Å². The maximum Gasteiger partial charge on any atom is 0.273 e. The molecule has 0 bridgehead atoms. The first-order chi connectivity index (χ1) is 13.3. The van der Waals surface area contributed by atoms with Crippen molar-refractivity contribution in [3.63, 3.8) is 0 Å². The number of imidazole rings is 1. The van der Waals surface area contributed by atoms with Crippen LogP contribution in [0.25, 0.3) is 22.4 Å². The summed E-state index contributed by atoms with van der Waals surface area (Å²) in [5, 5.41) is 7.40. The minimum absolute atomic E-state index is 0.107. The summed E-state index contributed by atoms with van der Waals surface area (Å²) in [5.74, 6) is 0.627. The summed E-state index contributed by atoms with van der Waals surface area (Å²) < 4.78 is 1.62. The number of nitrogens with zero attached hydrogens (tertiary/aromatic N) is 3. The summed E-state index contributed by atoms with van der Waals surface area (Å²) in [6, 6.07) is 17.4. The number of aromatic nitrogens is 4. The van der Waals surface area contributed by atoms with Crippen molar-refractivity contribution >= 4 is 22.6 Å². The molecule has 4 rings (SSSR count). The molecule has 0 aliphatic heterocycles. The number of para-hydroxylation sites is 2. The Balaban J connectivity index is 1.53. The lowest BCUT2D eigenvalue weighted by atomic mass is 9.92. The van der Waals surface area contributed by atoms with Gasteiger partial charge in [-0.25, -0.2) is 4.98 Å². The Labute approximate surface area is 163 Å². The van der Waals surface area contributed by atoms with Crippen molar-refractivity contribution in [2.75, 3.05) is 5.32 Å². The molecule has 0 saturated carbocycles. The van der Waals surface area contributed by atoms with Gasteiger partial charge in [0.15, 0.2) is 0 Å². The molecule has 0 atom stereocenters. The maximum absolute atomic E-state index is 12.7. The molecular formula is C22H23N5O. The fourth-order valence-corrected chi connectivity index (χ4v) is 3.04. The molecule has 0 aliphatic carbocycles. The number of hydrogen-bond acceptors (Lipinski definition) is 3. The highest BCUT2D eigenvalue weighted by molar-refractivity contribution is 6.03. The highest BCUT2D eigenvalue weighted by Gasteiger charge is 2.21. The molecule has 6 nitrogen and oxygen atoms in total. The number of carbonyl (C=O) groups excluding carboxylic acids is 1. The fourth-order valence-electron chi connectivity index (χ4n) is 3.04. The first-order valence-electron chi connectivity index (χ1n) is 9.22. The molecule has 2 aromatic carbocycles. The lowest BCUT2D eigenvalue weighted by Crippen LogP contribution is -2.15. The smallest absolute Gasteiger partial charge is 0.273 e. The summed E-state index contributed by atoms with van der Waals surface area (Å²) in [5.41, 5.74) is 4.94. The molecule has 4 aromatic rings. The molecule has 2 aromatic heterocycles. The molecule has 1 amide bonds. The van der Waals surface area contributed by atoms with E-state index in [9.17, 15) is 4.79 Å². The van der Waals surface area contributed by atoms with Gasteiger partial charge >= 0.3 is 0 Å². The molecule has 0 spiro atoms. The van der Waals surface area contributed by atoms with Crippen LogP contribution in [0.4, 0.5) is 5.69 Å². The van der Waals surface area contributed by atoms with Gasteiger partial charge in [-0.15, -0.1) is 0 Å². The molecule has 0 fully saturated rings. The standard InChI is InChI=1S/C22H23N5O/c1-22(2,3)19-13-18(27(4)26-19)21(28)23-15-11-9-14(10-12-15)20-24-16-7-5-6-8-17(16)25-20/h5-13H,1-4H3,(H,23,28)(H,24,25). The van der Waals surface area contributed by atoms with E-state index >= 15 is 0 Å². The van der Waals surface area contributed by atoms with Crippen LogP contribution >= 0.6 is 0 Å². The van der Waals surface area contributed by atoms with Gasteiger partial charge in [0.05, 0.1) is 16.7 Å². The maximum atomic E-state index is 12.7. The minimum Gasteiger partial charge on any atom is -0.338 e. The normalized spacial score (nSPS) is 11.7. The largest absolute Gasteiger partial charge is 0.338 e. The van der Waals surface area contributed by atoms with Crippen LogP contribution < -0.4 is 5.32 Å². The second-order valence-electron chi connectivity index (χ2n) is 7.92. The van der Waals surface area contributed by atoms with Crippen LogP contribution in [0.5, 0.6) is 0 Å². The van der Waals surface area contributed by atoms with Crippen molar-refractivity contribution in [1.29, 1.82) is 0 Å². The number of H-pyrrole nitrogens is 1. The van der Waals surface area contributed by atoms with Crippen molar-refractivity contribution in [2.24, 2.45) is 7.05 Å². The van der Waals surface area contributed by atoms with E-state index in [1.54, 1.807) is 11.7 Å². The molecule has 142 valence electrons. The lowest BCUT2D eigenvalue weighted by molar-refractivity contribution is 0.101. The number of rotatable bonds is 3. The molecule has 0 radical (unpaired) electrons. The Morgan fingerprint density at radius 1 is 1.07 bits per heavy atom. The van der Waals surface area contributed by atoms with E-state index in [-0.39, 0.29) is 11.3 Å². The Hall–Kier alpha value is -3.41. The number of amides is 1. The van der Waals surface area contributed by atoms with Crippen LogP contribution in [0.1, 0.15) is 37.0 Å². The summed E-state index contributed by atoms with van der Waals surface area (Å²) in [6.45, 7) is 6.23. The van der Waals surface area contributed by atoms with Gasteiger partial charge < -0.3 is 10.3 Å². The Morgan fingerprint density at radius 2 is 1.79 bits per heavy atom. The molecule has 0 unspecified atom stereocenters. The van der Waals surface area contributed by atoms with Gasteiger partial charge in [-0.1, -0.05) is 32.9 Å².